The number of hydrogen-bond acceptors (Lipinski definition) is 6. The minimum Gasteiger partial charge on any atom is -0.493 e. The summed E-state index contributed by atoms with van der Waals surface area (Å²) in [6.45, 7) is -0.109. The third-order valence-corrected chi connectivity index (χ3v) is 2.74. The molecule has 1 aromatic rings. The molecular formula is C13H17NO7. The van der Waals surface area contributed by atoms with E-state index in [1.54, 1.807) is 0 Å². The van der Waals surface area contributed by atoms with E-state index in [1.165, 1.54) is 19.2 Å². The maximum absolute atomic E-state index is 11.0. The van der Waals surface area contributed by atoms with Gasteiger partial charge in [-0.2, -0.15) is 0 Å². The largest absolute Gasteiger partial charge is 0.493 e. The van der Waals surface area contributed by atoms with E-state index < -0.39 is 10.9 Å². The van der Waals surface area contributed by atoms with Gasteiger partial charge in [0, 0.05) is 25.0 Å². The fourth-order valence-corrected chi connectivity index (χ4v) is 1.76. The molecule has 0 aliphatic rings. The molecule has 0 spiro atoms. The van der Waals surface area contributed by atoms with Crippen LogP contribution in [0.25, 0.3) is 0 Å². The van der Waals surface area contributed by atoms with E-state index in [2.05, 4.69) is 0 Å². The van der Waals surface area contributed by atoms with Gasteiger partial charge in [-0.3, -0.25) is 14.9 Å². The molecule has 0 unspecified atom stereocenters. The van der Waals surface area contributed by atoms with Crippen LogP contribution in [0.4, 0.5) is 5.69 Å². The Morgan fingerprint density at radius 1 is 1.38 bits per heavy atom. The highest BCUT2D eigenvalue weighted by molar-refractivity contribution is 5.66. The molecule has 0 saturated heterocycles. The van der Waals surface area contributed by atoms with Gasteiger partial charge in [0.05, 0.1) is 24.7 Å². The molecule has 0 radical (unpaired) electrons. The predicted molar refractivity (Wildman–Crippen MR) is 72.8 cm³/mol. The molecule has 8 heteroatoms. The predicted octanol–water partition coefficient (Wildman–Crippen LogP) is 1.38. The van der Waals surface area contributed by atoms with Crippen molar-refractivity contribution in [1.29, 1.82) is 0 Å². The van der Waals surface area contributed by atoms with Gasteiger partial charge in [-0.15, -0.1) is 0 Å². The summed E-state index contributed by atoms with van der Waals surface area (Å²) in [5, 5.41) is 28.5. The van der Waals surface area contributed by atoms with Crippen LogP contribution in [0.15, 0.2) is 12.1 Å². The topological polar surface area (TPSA) is 119 Å². The van der Waals surface area contributed by atoms with E-state index in [0.717, 1.165) is 0 Å². The first kappa shape index (κ1) is 16.7. The molecule has 1 aromatic carbocycles. The highest BCUT2D eigenvalue weighted by atomic mass is 16.6. The summed E-state index contributed by atoms with van der Waals surface area (Å²) in [6, 6.07) is 2.67. The second-order valence-electron chi connectivity index (χ2n) is 4.21. The van der Waals surface area contributed by atoms with Crippen LogP contribution in [-0.2, 0) is 11.2 Å². The Kier molecular flexibility index (Phi) is 6.41. The molecule has 0 saturated carbocycles. The van der Waals surface area contributed by atoms with Crippen LogP contribution in [0.5, 0.6) is 11.5 Å². The summed E-state index contributed by atoms with van der Waals surface area (Å²) in [5.74, 6) is -0.453. The molecule has 2 N–H and O–H groups in total. The SMILES string of the molecule is COc1cc(CCO)c([N+](=O)[O-])cc1OCCCC(=O)O. The van der Waals surface area contributed by atoms with Gasteiger partial charge >= 0.3 is 5.97 Å². The van der Waals surface area contributed by atoms with Gasteiger partial charge in [0.25, 0.3) is 5.69 Å². The van der Waals surface area contributed by atoms with Gasteiger partial charge in [-0.05, 0) is 12.5 Å². The first-order chi connectivity index (χ1) is 9.99. The lowest BCUT2D eigenvalue weighted by atomic mass is 10.1. The van der Waals surface area contributed by atoms with Crippen molar-refractivity contribution in [3.05, 3.63) is 27.8 Å². The number of aliphatic hydroxyl groups excluding tert-OH is 1. The second-order valence-corrected chi connectivity index (χ2v) is 4.21. The third kappa shape index (κ3) is 4.92. The molecule has 0 aliphatic heterocycles. The number of hydrogen-bond donors (Lipinski definition) is 2. The van der Waals surface area contributed by atoms with Crippen molar-refractivity contribution in [3.63, 3.8) is 0 Å². The molecular weight excluding hydrogens is 282 g/mol. The summed E-state index contributed by atoms with van der Waals surface area (Å²) in [6.07, 6.45) is 0.365. The number of ether oxygens (including phenoxy) is 2. The van der Waals surface area contributed by atoms with Gasteiger partial charge < -0.3 is 19.7 Å². The van der Waals surface area contributed by atoms with Crippen molar-refractivity contribution in [2.24, 2.45) is 0 Å². The zero-order valence-electron chi connectivity index (χ0n) is 11.6. The average molecular weight is 299 g/mol. The Balaban J connectivity index is 2.93. The molecule has 0 heterocycles. The molecule has 0 fully saturated rings. The van der Waals surface area contributed by atoms with Gasteiger partial charge in [0.15, 0.2) is 11.5 Å². The molecule has 0 atom stereocenters. The highest BCUT2D eigenvalue weighted by Gasteiger charge is 2.19. The summed E-state index contributed by atoms with van der Waals surface area (Å²) < 4.78 is 10.4. The maximum atomic E-state index is 11.0. The number of benzene rings is 1. The number of carbonyl (C=O) groups is 1. The minimum atomic E-state index is -0.935. The fraction of sp³-hybridized carbons (Fsp3) is 0.462. The van der Waals surface area contributed by atoms with Crippen molar-refractivity contribution >= 4 is 11.7 Å². The summed E-state index contributed by atoms with van der Waals surface area (Å²) in [5.41, 5.74) is 0.176. The van der Waals surface area contributed by atoms with Crippen molar-refractivity contribution < 1.29 is 29.4 Å². The molecule has 0 amide bonds. The van der Waals surface area contributed by atoms with Crippen molar-refractivity contribution in [2.75, 3.05) is 20.3 Å². The number of carboxylic acid groups (broad SMARTS) is 1. The lowest BCUT2D eigenvalue weighted by Crippen LogP contribution is -2.05. The van der Waals surface area contributed by atoms with Gasteiger partial charge in [-0.1, -0.05) is 0 Å². The van der Waals surface area contributed by atoms with Gasteiger partial charge in [0.2, 0.25) is 0 Å². The Hall–Kier alpha value is -2.35. The first-order valence-electron chi connectivity index (χ1n) is 6.30. The van der Waals surface area contributed by atoms with Crippen LogP contribution in [0, 0.1) is 10.1 Å². The van der Waals surface area contributed by atoms with E-state index in [1.807, 2.05) is 0 Å². The molecule has 21 heavy (non-hydrogen) atoms. The molecule has 1 rings (SSSR count). The number of nitrogens with zero attached hydrogens (tertiary/aromatic N) is 1. The van der Waals surface area contributed by atoms with E-state index in [-0.39, 0.29) is 43.9 Å². The number of aliphatic carboxylic acids is 1. The smallest absolute Gasteiger partial charge is 0.303 e. The maximum Gasteiger partial charge on any atom is 0.303 e. The Labute approximate surface area is 121 Å². The number of rotatable bonds is 9. The van der Waals surface area contributed by atoms with Crippen LogP contribution in [-0.4, -0.2) is 41.4 Å². The molecule has 116 valence electrons. The average Bonchev–Trinajstić information content (AvgIpc) is 2.43. The molecule has 0 bridgehead atoms. The number of methoxy groups -OCH3 is 1. The Morgan fingerprint density at radius 3 is 2.62 bits per heavy atom. The zero-order valence-corrected chi connectivity index (χ0v) is 11.6. The van der Waals surface area contributed by atoms with Crippen LogP contribution >= 0.6 is 0 Å². The second kappa shape index (κ2) is 8.05. The fourth-order valence-electron chi connectivity index (χ4n) is 1.76. The quantitative estimate of drug-likeness (QED) is 0.401. The number of nitro groups is 1. The van der Waals surface area contributed by atoms with Crippen LogP contribution in [0.3, 0.4) is 0 Å². The monoisotopic (exact) mass is 299 g/mol. The Morgan fingerprint density at radius 2 is 2.10 bits per heavy atom. The van der Waals surface area contributed by atoms with Crippen molar-refractivity contribution in [3.8, 4) is 11.5 Å². The van der Waals surface area contributed by atoms with Gasteiger partial charge in [-0.25, -0.2) is 0 Å². The zero-order chi connectivity index (χ0) is 15.8. The van der Waals surface area contributed by atoms with E-state index in [9.17, 15) is 14.9 Å². The van der Waals surface area contributed by atoms with Crippen molar-refractivity contribution in [2.45, 2.75) is 19.3 Å². The van der Waals surface area contributed by atoms with E-state index in [4.69, 9.17) is 19.7 Å². The first-order valence-corrected chi connectivity index (χ1v) is 6.30. The number of nitro benzene ring substituents is 1. The van der Waals surface area contributed by atoms with Crippen molar-refractivity contribution in [1.82, 2.24) is 0 Å². The Bertz CT molecular complexity index is 515. The lowest BCUT2D eigenvalue weighted by Gasteiger charge is -2.12. The van der Waals surface area contributed by atoms with Crippen LogP contribution in [0.1, 0.15) is 18.4 Å². The highest BCUT2D eigenvalue weighted by Crippen LogP contribution is 2.35. The van der Waals surface area contributed by atoms with E-state index in [0.29, 0.717) is 11.3 Å². The standard InChI is InChI=1S/C13H17NO7/c1-20-11-7-9(4-5-15)10(14(18)19)8-12(11)21-6-2-3-13(16)17/h7-8,15H,2-6H2,1H3,(H,16,17). The summed E-state index contributed by atoms with van der Waals surface area (Å²) in [7, 11) is 1.40. The van der Waals surface area contributed by atoms with Gasteiger partial charge in [0.1, 0.15) is 0 Å². The normalized spacial score (nSPS) is 10.2. The third-order valence-electron chi connectivity index (χ3n) is 2.74. The number of aliphatic hydroxyl groups is 1. The lowest BCUT2D eigenvalue weighted by molar-refractivity contribution is -0.385. The molecule has 0 aromatic heterocycles. The summed E-state index contributed by atoms with van der Waals surface area (Å²) >= 11 is 0. The minimum absolute atomic E-state index is 0.0486. The van der Waals surface area contributed by atoms with Crippen LogP contribution < -0.4 is 9.47 Å². The molecule has 0 aliphatic carbocycles. The van der Waals surface area contributed by atoms with Crippen LogP contribution in [0.2, 0.25) is 0 Å². The van der Waals surface area contributed by atoms with E-state index >= 15 is 0 Å². The molecule has 8 nitrogen and oxygen atoms in total. The number of carboxylic acids is 1. The summed E-state index contributed by atoms with van der Waals surface area (Å²) in [4.78, 5) is 20.9.